The number of thiophene rings is 1. The number of nitrogens with zero attached hydrogens (tertiary/aromatic N) is 2. The molecule has 0 spiro atoms. The minimum atomic E-state index is -0.0917. The Bertz CT molecular complexity index is 708. The molecule has 2 amide bonds. The van der Waals surface area contributed by atoms with Gasteiger partial charge in [-0.15, -0.1) is 0 Å². The second kappa shape index (κ2) is 6.54. The first-order valence-corrected chi connectivity index (χ1v) is 8.49. The second-order valence-electron chi connectivity index (χ2n) is 5.79. The van der Waals surface area contributed by atoms with Crippen molar-refractivity contribution in [3.63, 3.8) is 0 Å². The number of piperidine rings is 1. The highest BCUT2D eigenvalue weighted by Crippen LogP contribution is 2.24. The molecule has 1 atom stereocenters. The van der Waals surface area contributed by atoms with Crippen LogP contribution < -0.4 is 5.32 Å². The van der Waals surface area contributed by atoms with Crippen LogP contribution in [-0.2, 0) is 16.0 Å². The summed E-state index contributed by atoms with van der Waals surface area (Å²) in [6.45, 7) is 2.38. The topological polar surface area (TPSA) is 75.4 Å². The highest BCUT2D eigenvalue weighted by molar-refractivity contribution is 7.08. The number of amides is 2. The zero-order chi connectivity index (χ0) is 16.4. The minimum Gasteiger partial charge on any atom is -0.441 e. The molecule has 1 aliphatic rings. The monoisotopic (exact) mass is 333 g/mol. The summed E-state index contributed by atoms with van der Waals surface area (Å²) in [5.41, 5.74) is 1.58. The molecular weight excluding hydrogens is 314 g/mol. The third kappa shape index (κ3) is 3.61. The number of nitrogens with one attached hydrogen (secondary N) is 1. The molecule has 0 bridgehead atoms. The van der Waals surface area contributed by atoms with Crippen LogP contribution in [0.4, 0.5) is 0 Å². The van der Waals surface area contributed by atoms with Gasteiger partial charge in [-0.25, -0.2) is 4.98 Å². The summed E-state index contributed by atoms with van der Waals surface area (Å²) in [4.78, 5) is 29.8. The molecule has 0 radical (unpaired) electrons. The van der Waals surface area contributed by atoms with Gasteiger partial charge in [-0.3, -0.25) is 9.59 Å². The fraction of sp³-hybridized carbons (Fsp3) is 0.438. The smallest absolute Gasteiger partial charge is 0.227 e. The van der Waals surface area contributed by atoms with Gasteiger partial charge in [0.2, 0.25) is 17.7 Å². The van der Waals surface area contributed by atoms with Gasteiger partial charge in [0.25, 0.3) is 0 Å². The maximum Gasteiger partial charge on any atom is 0.227 e. The maximum atomic E-state index is 12.2. The minimum absolute atomic E-state index is 0.00810. The number of likely N-dealkylation sites (tertiary alicyclic amines) is 1. The molecule has 1 N–H and O–H groups in total. The number of aryl methyl sites for hydroxylation is 1. The first-order chi connectivity index (χ1) is 11.0. The molecule has 2 aromatic heterocycles. The lowest BCUT2D eigenvalue weighted by Crippen LogP contribution is -2.48. The Kier molecular flexibility index (Phi) is 4.47. The lowest BCUT2D eigenvalue weighted by molar-refractivity contribution is -0.133. The highest BCUT2D eigenvalue weighted by atomic mass is 32.1. The van der Waals surface area contributed by atoms with Crippen LogP contribution in [0.3, 0.4) is 0 Å². The normalized spacial score (nSPS) is 18.3. The maximum absolute atomic E-state index is 12.2. The number of hydrogen-bond donors (Lipinski definition) is 1. The summed E-state index contributed by atoms with van der Waals surface area (Å²) in [5, 5.41) is 6.90. The molecule has 2 aromatic rings. The molecule has 1 saturated heterocycles. The number of likely N-dealkylation sites (N-methyl/N-ethyl adjacent to an activating group) is 1. The van der Waals surface area contributed by atoms with E-state index in [1.54, 1.807) is 23.3 Å². The zero-order valence-corrected chi connectivity index (χ0v) is 14.0. The average molecular weight is 333 g/mol. The number of carbonyl (C=O) groups excluding carboxylic acids is 2. The first-order valence-electron chi connectivity index (χ1n) is 7.55. The lowest BCUT2D eigenvalue weighted by Gasteiger charge is -2.30. The number of hydrogen-bond acceptors (Lipinski definition) is 5. The number of rotatable bonds is 4. The molecule has 6 nitrogen and oxygen atoms in total. The Morgan fingerprint density at radius 2 is 2.39 bits per heavy atom. The van der Waals surface area contributed by atoms with E-state index in [1.807, 2.05) is 23.8 Å². The zero-order valence-electron chi connectivity index (χ0n) is 13.2. The van der Waals surface area contributed by atoms with E-state index < -0.39 is 0 Å². The van der Waals surface area contributed by atoms with E-state index in [1.165, 1.54) is 0 Å². The van der Waals surface area contributed by atoms with Crippen molar-refractivity contribution < 1.29 is 14.0 Å². The summed E-state index contributed by atoms with van der Waals surface area (Å²) < 4.78 is 5.64. The van der Waals surface area contributed by atoms with Crippen LogP contribution in [0.5, 0.6) is 0 Å². The lowest BCUT2D eigenvalue weighted by atomic mass is 10.1. The Labute approximate surface area is 138 Å². The Morgan fingerprint density at radius 3 is 3.09 bits per heavy atom. The van der Waals surface area contributed by atoms with Gasteiger partial charge in [0.15, 0.2) is 0 Å². The Balaban J connectivity index is 1.61. The van der Waals surface area contributed by atoms with Crippen LogP contribution in [0.2, 0.25) is 0 Å². The molecule has 122 valence electrons. The van der Waals surface area contributed by atoms with Crippen molar-refractivity contribution in [1.82, 2.24) is 15.2 Å². The van der Waals surface area contributed by atoms with Crippen molar-refractivity contribution in [3.8, 4) is 11.5 Å². The SMILES string of the molecule is Cc1oc(-c2ccsc2)nc1CC(=O)NC1CCC(=O)N(C)C1. The van der Waals surface area contributed by atoms with Gasteiger partial charge in [0.05, 0.1) is 12.1 Å². The molecule has 1 unspecified atom stereocenters. The molecule has 3 rings (SSSR count). The number of carbonyl (C=O) groups is 2. The third-order valence-electron chi connectivity index (χ3n) is 3.98. The molecule has 0 aliphatic carbocycles. The summed E-state index contributed by atoms with van der Waals surface area (Å²) >= 11 is 1.58. The van der Waals surface area contributed by atoms with Crippen molar-refractivity contribution in [2.75, 3.05) is 13.6 Å². The predicted octanol–water partition coefficient (Wildman–Crippen LogP) is 1.99. The molecule has 1 fully saturated rings. The molecule has 23 heavy (non-hydrogen) atoms. The van der Waals surface area contributed by atoms with Crippen molar-refractivity contribution >= 4 is 23.2 Å². The van der Waals surface area contributed by atoms with Crippen molar-refractivity contribution in [3.05, 3.63) is 28.3 Å². The van der Waals surface area contributed by atoms with Crippen molar-refractivity contribution in [2.45, 2.75) is 32.2 Å². The Morgan fingerprint density at radius 1 is 1.57 bits per heavy atom. The molecule has 7 heteroatoms. The first kappa shape index (κ1) is 15.7. The van der Waals surface area contributed by atoms with Crippen LogP contribution in [-0.4, -0.2) is 41.3 Å². The molecule has 1 aliphatic heterocycles. The summed E-state index contributed by atoms with van der Waals surface area (Å²) in [7, 11) is 1.76. The predicted molar refractivity (Wildman–Crippen MR) is 87.1 cm³/mol. The van der Waals surface area contributed by atoms with Crippen LogP contribution in [0.15, 0.2) is 21.2 Å². The quantitative estimate of drug-likeness (QED) is 0.928. The second-order valence-corrected chi connectivity index (χ2v) is 6.57. The third-order valence-corrected chi connectivity index (χ3v) is 4.66. The van der Waals surface area contributed by atoms with E-state index in [0.29, 0.717) is 36.7 Å². The molecule has 0 aromatic carbocycles. The van der Waals surface area contributed by atoms with Gasteiger partial charge in [-0.2, -0.15) is 11.3 Å². The standard InChI is InChI=1S/C16H19N3O3S/c1-10-13(18-16(22-10)11-5-6-23-9-11)7-14(20)17-12-3-4-15(21)19(2)8-12/h5-6,9,12H,3-4,7-8H2,1-2H3,(H,17,20). The van der Waals surface area contributed by atoms with Crippen LogP contribution in [0, 0.1) is 6.92 Å². The van der Waals surface area contributed by atoms with Crippen LogP contribution in [0.25, 0.3) is 11.5 Å². The summed E-state index contributed by atoms with van der Waals surface area (Å²) in [5.74, 6) is 1.25. The van der Waals surface area contributed by atoms with E-state index in [4.69, 9.17) is 4.42 Å². The van der Waals surface area contributed by atoms with E-state index >= 15 is 0 Å². The average Bonchev–Trinajstić information content (AvgIpc) is 3.13. The van der Waals surface area contributed by atoms with E-state index in [2.05, 4.69) is 10.3 Å². The van der Waals surface area contributed by atoms with Crippen molar-refractivity contribution in [1.29, 1.82) is 0 Å². The number of aromatic nitrogens is 1. The summed E-state index contributed by atoms with van der Waals surface area (Å²) in [6, 6.07) is 1.95. The summed E-state index contributed by atoms with van der Waals surface area (Å²) in [6.07, 6.45) is 1.35. The van der Waals surface area contributed by atoms with Gasteiger partial charge < -0.3 is 14.6 Å². The van der Waals surface area contributed by atoms with Gasteiger partial charge in [-0.1, -0.05) is 0 Å². The van der Waals surface area contributed by atoms with E-state index in [0.717, 1.165) is 5.56 Å². The van der Waals surface area contributed by atoms with Crippen LogP contribution >= 0.6 is 11.3 Å². The van der Waals surface area contributed by atoms with Gasteiger partial charge in [0.1, 0.15) is 5.76 Å². The molecule has 0 saturated carbocycles. The number of oxazole rings is 1. The van der Waals surface area contributed by atoms with E-state index in [-0.39, 0.29) is 24.3 Å². The van der Waals surface area contributed by atoms with Gasteiger partial charge in [0, 0.05) is 37.0 Å². The van der Waals surface area contributed by atoms with Gasteiger partial charge >= 0.3 is 0 Å². The molecular formula is C16H19N3O3S. The highest BCUT2D eigenvalue weighted by Gasteiger charge is 2.24. The molecule has 3 heterocycles. The van der Waals surface area contributed by atoms with E-state index in [9.17, 15) is 9.59 Å². The fourth-order valence-corrected chi connectivity index (χ4v) is 3.29. The van der Waals surface area contributed by atoms with Crippen LogP contribution in [0.1, 0.15) is 24.3 Å². The van der Waals surface area contributed by atoms with Gasteiger partial charge in [-0.05, 0) is 24.8 Å². The Hall–Kier alpha value is -2.15. The fourth-order valence-electron chi connectivity index (χ4n) is 2.66. The largest absolute Gasteiger partial charge is 0.441 e. The van der Waals surface area contributed by atoms with Crippen molar-refractivity contribution in [2.24, 2.45) is 0 Å².